The lowest BCUT2D eigenvalue weighted by Gasteiger charge is -2.14. The van der Waals surface area contributed by atoms with Gasteiger partial charge in [0.2, 0.25) is 5.88 Å². The Kier molecular flexibility index (Phi) is 7.00. The van der Waals surface area contributed by atoms with E-state index in [4.69, 9.17) is 0 Å². The molecule has 2 N–H and O–H groups in total. The summed E-state index contributed by atoms with van der Waals surface area (Å²) in [5, 5.41) is 22.8. The number of pyridine rings is 1. The zero-order valence-electron chi connectivity index (χ0n) is 16.7. The standard InChI is InChI=1S/C23H19BrN4O3/c1-15-17(13-25)21(29)28(12-11-16-7-3-2-4-8-16)22(30)18(15)14-26-23(31)27-20-10-6-5-9-19(20)24/h2-10,14,30H,11-12H2,1H3,(H,27,31)/b26-14+. The number of carbonyl (C=O) groups is 1. The number of aryl methyl sites for hydroxylation is 1. The minimum atomic E-state index is -0.661. The van der Waals surface area contributed by atoms with Gasteiger partial charge in [-0.25, -0.2) is 9.79 Å². The van der Waals surface area contributed by atoms with Gasteiger partial charge in [-0.1, -0.05) is 42.5 Å². The van der Waals surface area contributed by atoms with Crippen LogP contribution in [-0.4, -0.2) is 21.9 Å². The van der Waals surface area contributed by atoms with Crippen LogP contribution < -0.4 is 10.9 Å². The third-order valence-electron chi connectivity index (χ3n) is 4.74. The fraction of sp³-hybridized carbons (Fsp3) is 0.130. The lowest BCUT2D eigenvalue weighted by atomic mass is 10.1. The molecule has 2 amide bonds. The second kappa shape index (κ2) is 9.87. The number of amides is 2. The number of para-hydroxylation sites is 1. The van der Waals surface area contributed by atoms with E-state index < -0.39 is 11.6 Å². The lowest BCUT2D eigenvalue weighted by Crippen LogP contribution is -2.26. The molecule has 0 fully saturated rings. The lowest BCUT2D eigenvalue weighted by molar-refractivity contribution is 0.259. The first-order valence-electron chi connectivity index (χ1n) is 9.42. The summed E-state index contributed by atoms with van der Waals surface area (Å²) in [6, 6.07) is 17.8. The molecule has 7 nitrogen and oxygen atoms in total. The Morgan fingerprint density at radius 1 is 1.23 bits per heavy atom. The minimum Gasteiger partial charge on any atom is -0.494 e. The van der Waals surface area contributed by atoms with Crippen molar-refractivity contribution in [1.29, 1.82) is 5.26 Å². The van der Waals surface area contributed by atoms with E-state index in [2.05, 4.69) is 26.2 Å². The molecule has 3 rings (SSSR count). The highest BCUT2D eigenvalue weighted by molar-refractivity contribution is 9.10. The predicted molar refractivity (Wildman–Crippen MR) is 123 cm³/mol. The summed E-state index contributed by atoms with van der Waals surface area (Å²) in [7, 11) is 0. The maximum atomic E-state index is 12.7. The van der Waals surface area contributed by atoms with Crippen molar-refractivity contribution in [2.24, 2.45) is 4.99 Å². The molecule has 0 atom stereocenters. The second-order valence-corrected chi connectivity index (χ2v) is 7.56. The minimum absolute atomic E-state index is 0.0986. The van der Waals surface area contributed by atoms with Gasteiger partial charge in [0.25, 0.3) is 5.56 Å². The maximum absolute atomic E-state index is 12.7. The quantitative estimate of drug-likeness (QED) is 0.530. The molecule has 1 aromatic heterocycles. The third-order valence-corrected chi connectivity index (χ3v) is 5.43. The predicted octanol–water partition coefficient (Wildman–Crippen LogP) is 4.39. The van der Waals surface area contributed by atoms with Crippen molar-refractivity contribution >= 4 is 33.9 Å². The number of hydrogen-bond acceptors (Lipinski definition) is 4. The summed E-state index contributed by atoms with van der Waals surface area (Å²) in [5.41, 5.74) is 1.25. The van der Waals surface area contributed by atoms with Crippen molar-refractivity contribution < 1.29 is 9.90 Å². The number of nitrogens with zero attached hydrogens (tertiary/aromatic N) is 3. The van der Waals surface area contributed by atoms with Gasteiger partial charge in [0.1, 0.15) is 11.6 Å². The van der Waals surface area contributed by atoms with Gasteiger partial charge in [0.05, 0.1) is 11.3 Å². The van der Waals surface area contributed by atoms with Crippen LogP contribution in [0.1, 0.15) is 22.3 Å². The number of anilines is 1. The van der Waals surface area contributed by atoms with Crippen LogP contribution in [0.15, 0.2) is 68.9 Å². The molecular weight excluding hydrogens is 460 g/mol. The molecule has 0 aliphatic rings. The topological polar surface area (TPSA) is 107 Å². The summed E-state index contributed by atoms with van der Waals surface area (Å²) >= 11 is 3.34. The molecule has 0 bridgehead atoms. The Labute approximate surface area is 187 Å². The number of nitrogens with one attached hydrogen (secondary N) is 1. The van der Waals surface area contributed by atoms with Gasteiger partial charge in [-0.05, 0) is 52.5 Å². The van der Waals surface area contributed by atoms with Gasteiger partial charge >= 0.3 is 6.03 Å². The fourth-order valence-electron chi connectivity index (χ4n) is 3.05. The van der Waals surface area contributed by atoms with E-state index in [1.54, 1.807) is 18.2 Å². The molecule has 8 heteroatoms. The molecular formula is C23H19BrN4O3. The van der Waals surface area contributed by atoms with Crippen molar-refractivity contribution in [2.45, 2.75) is 19.9 Å². The number of aliphatic imine (C=N–C) groups is 1. The number of carbonyl (C=O) groups excluding carboxylic acids is 1. The number of hydrogen-bond donors (Lipinski definition) is 2. The molecule has 1 heterocycles. The zero-order valence-corrected chi connectivity index (χ0v) is 18.3. The number of aromatic hydroxyl groups is 1. The summed E-state index contributed by atoms with van der Waals surface area (Å²) < 4.78 is 1.82. The van der Waals surface area contributed by atoms with Gasteiger partial charge in [0, 0.05) is 17.2 Å². The van der Waals surface area contributed by atoms with Crippen molar-refractivity contribution in [3.8, 4) is 11.9 Å². The van der Waals surface area contributed by atoms with Crippen LogP contribution in [0.3, 0.4) is 0 Å². The van der Waals surface area contributed by atoms with E-state index in [1.165, 1.54) is 6.92 Å². The van der Waals surface area contributed by atoms with E-state index in [-0.39, 0.29) is 29.1 Å². The van der Waals surface area contributed by atoms with Crippen molar-refractivity contribution in [3.63, 3.8) is 0 Å². The van der Waals surface area contributed by atoms with Crippen LogP contribution >= 0.6 is 15.9 Å². The molecule has 3 aromatic rings. The first kappa shape index (κ1) is 22.0. The molecule has 0 aliphatic carbocycles. The van der Waals surface area contributed by atoms with Crippen LogP contribution in [0.2, 0.25) is 0 Å². The van der Waals surface area contributed by atoms with Crippen molar-refractivity contribution in [2.75, 3.05) is 5.32 Å². The molecule has 156 valence electrons. The number of urea groups is 1. The molecule has 0 saturated heterocycles. The smallest absolute Gasteiger partial charge is 0.345 e. The number of nitriles is 1. The Morgan fingerprint density at radius 3 is 2.58 bits per heavy atom. The van der Waals surface area contributed by atoms with Crippen LogP contribution in [0.4, 0.5) is 10.5 Å². The molecule has 2 aromatic carbocycles. The van der Waals surface area contributed by atoms with Gasteiger partial charge in [-0.2, -0.15) is 5.26 Å². The normalized spacial score (nSPS) is 10.7. The fourth-order valence-corrected chi connectivity index (χ4v) is 3.44. The summed E-state index contributed by atoms with van der Waals surface area (Å²) in [5.74, 6) is -0.338. The molecule has 0 unspecified atom stereocenters. The van der Waals surface area contributed by atoms with Crippen LogP contribution in [0.5, 0.6) is 5.88 Å². The Hall–Kier alpha value is -3.70. The number of halogens is 1. The Morgan fingerprint density at radius 2 is 1.90 bits per heavy atom. The average molecular weight is 479 g/mol. The van der Waals surface area contributed by atoms with E-state index in [1.807, 2.05) is 42.5 Å². The van der Waals surface area contributed by atoms with Crippen molar-refractivity contribution in [3.05, 3.63) is 91.7 Å². The first-order chi connectivity index (χ1) is 14.9. The van der Waals surface area contributed by atoms with Gasteiger partial charge in [0.15, 0.2) is 0 Å². The van der Waals surface area contributed by atoms with E-state index in [0.717, 1.165) is 16.3 Å². The highest BCUT2D eigenvalue weighted by Crippen LogP contribution is 2.22. The number of rotatable bonds is 5. The Balaban J connectivity index is 1.91. The van der Waals surface area contributed by atoms with Crippen LogP contribution in [-0.2, 0) is 13.0 Å². The van der Waals surface area contributed by atoms with Crippen LogP contribution in [0, 0.1) is 18.3 Å². The van der Waals surface area contributed by atoms with Crippen LogP contribution in [0.25, 0.3) is 0 Å². The molecule has 0 spiro atoms. The van der Waals surface area contributed by atoms with E-state index in [0.29, 0.717) is 16.6 Å². The molecule has 0 saturated carbocycles. The SMILES string of the molecule is Cc1c(/C=N/C(=O)Nc2ccccc2Br)c(O)n(CCc2ccccc2)c(=O)c1C#N. The van der Waals surface area contributed by atoms with E-state index in [9.17, 15) is 20.0 Å². The molecule has 0 aliphatic heterocycles. The highest BCUT2D eigenvalue weighted by atomic mass is 79.9. The molecule has 0 radical (unpaired) electrons. The van der Waals surface area contributed by atoms with E-state index >= 15 is 0 Å². The third kappa shape index (κ3) is 5.08. The Bertz CT molecular complexity index is 1240. The summed E-state index contributed by atoms with van der Waals surface area (Å²) in [6.45, 7) is 1.71. The second-order valence-electron chi connectivity index (χ2n) is 6.71. The zero-order chi connectivity index (χ0) is 22.4. The van der Waals surface area contributed by atoms with Crippen molar-refractivity contribution in [1.82, 2.24) is 4.57 Å². The van der Waals surface area contributed by atoms with Gasteiger partial charge in [-0.15, -0.1) is 0 Å². The summed E-state index contributed by atoms with van der Waals surface area (Å²) in [6.07, 6.45) is 1.65. The van der Waals surface area contributed by atoms with Gasteiger partial charge in [-0.3, -0.25) is 9.36 Å². The number of aromatic nitrogens is 1. The largest absolute Gasteiger partial charge is 0.494 e. The van der Waals surface area contributed by atoms with Gasteiger partial charge < -0.3 is 10.4 Å². The first-order valence-corrected chi connectivity index (χ1v) is 10.2. The summed E-state index contributed by atoms with van der Waals surface area (Å²) in [4.78, 5) is 28.8. The average Bonchev–Trinajstić information content (AvgIpc) is 2.76. The molecule has 31 heavy (non-hydrogen) atoms. The number of benzene rings is 2. The monoisotopic (exact) mass is 478 g/mol. The maximum Gasteiger partial charge on any atom is 0.345 e. The highest BCUT2D eigenvalue weighted by Gasteiger charge is 2.18.